The second-order valence-electron chi connectivity index (χ2n) is 10.1. The fourth-order valence-electron chi connectivity index (χ4n) is 4.71. The Balaban J connectivity index is 1.27. The fourth-order valence-corrected chi connectivity index (χ4v) is 5.28. The number of aromatic amines is 1. The van der Waals surface area contributed by atoms with Crippen LogP contribution in [0.5, 0.6) is 11.5 Å². The van der Waals surface area contributed by atoms with Crippen molar-refractivity contribution < 1.29 is 17.9 Å². The Kier molecular flexibility index (Phi) is 9.84. The Morgan fingerprint density at radius 3 is 2.20 bits per heavy atom. The van der Waals surface area contributed by atoms with Gasteiger partial charge in [-0.15, -0.1) is 0 Å². The SMILES string of the molecule is CCCCN(C(=O)Nc1ccc(=O)[nH]c1)C1CCN(Cc2ccc(Oc3ccc(NS(C)(=O)=O)cc3)cc2)CC1. The zero-order valence-electron chi connectivity index (χ0n) is 22.9. The van der Waals surface area contributed by atoms with Crippen molar-refractivity contribution in [3.8, 4) is 11.5 Å². The Morgan fingerprint density at radius 2 is 1.62 bits per heavy atom. The van der Waals surface area contributed by atoms with Crippen molar-refractivity contribution in [1.82, 2.24) is 14.8 Å². The number of unbranched alkanes of at least 4 members (excludes halogenated alkanes) is 1. The van der Waals surface area contributed by atoms with Crippen LogP contribution >= 0.6 is 0 Å². The third-order valence-electron chi connectivity index (χ3n) is 6.77. The van der Waals surface area contributed by atoms with Gasteiger partial charge in [0, 0.05) is 50.2 Å². The van der Waals surface area contributed by atoms with Crippen LogP contribution in [0.3, 0.4) is 0 Å². The van der Waals surface area contributed by atoms with Gasteiger partial charge in [-0.2, -0.15) is 0 Å². The minimum Gasteiger partial charge on any atom is -0.457 e. The molecular formula is C29H37N5O5S. The zero-order chi connectivity index (χ0) is 28.5. The van der Waals surface area contributed by atoms with Crippen molar-refractivity contribution >= 4 is 27.4 Å². The van der Waals surface area contributed by atoms with Crippen molar-refractivity contribution in [2.45, 2.75) is 45.2 Å². The Labute approximate surface area is 235 Å². The molecule has 2 amide bonds. The number of nitrogens with zero attached hydrogens (tertiary/aromatic N) is 2. The van der Waals surface area contributed by atoms with Gasteiger partial charge in [0.05, 0.1) is 11.9 Å². The van der Waals surface area contributed by atoms with E-state index in [1.807, 2.05) is 29.2 Å². The summed E-state index contributed by atoms with van der Waals surface area (Å²) in [6, 6.07) is 17.8. The second-order valence-corrected chi connectivity index (χ2v) is 11.8. The number of ether oxygens (including phenoxy) is 1. The molecular weight excluding hydrogens is 530 g/mol. The van der Waals surface area contributed by atoms with Crippen LogP contribution in [0.1, 0.15) is 38.2 Å². The van der Waals surface area contributed by atoms with E-state index in [1.54, 1.807) is 30.3 Å². The number of rotatable bonds is 11. The highest BCUT2D eigenvalue weighted by Gasteiger charge is 2.27. The summed E-state index contributed by atoms with van der Waals surface area (Å²) >= 11 is 0. The van der Waals surface area contributed by atoms with E-state index >= 15 is 0 Å². The molecule has 3 N–H and O–H groups in total. The number of urea groups is 1. The van der Waals surface area contributed by atoms with E-state index in [4.69, 9.17) is 4.74 Å². The topological polar surface area (TPSA) is 124 Å². The van der Waals surface area contributed by atoms with E-state index in [0.717, 1.165) is 51.6 Å². The molecule has 10 nitrogen and oxygen atoms in total. The van der Waals surface area contributed by atoms with Gasteiger partial charge in [0.2, 0.25) is 15.6 Å². The maximum Gasteiger partial charge on any atom is 0.322 e. The second kappa shape index (κ2) is 13.5. The first-order valence-corrected chi connectivity index (χ1v) is 15.4. The maximum absolute atomic E-state index is 13.1. The molecule has 4 rings (SSSR count). The first-order chi connectivity index (χ1) is 19.2. The smallest absolute Gasteiger partial charge is 0.322 e. The monoisotopic (exact) mass is 567 g/mol. The Bertz CT molecular complexity index is 1400. The number of nitrogens with one attached hydrogen (secondary N) is 3. The summed E-state index contributed by atoms with van der Waals surface area (Å²) in [4.78, 5) is 31.3. The predicted octanol–water partition coefficient (Wildman–Crippen LogP) is 4.84. The molecule has 3 aromatic rings. The number of amides is 2. The lowest BCUT2D eigenvalue weighted by molar-refractivity contribution is 0.122. The van der Waals surface area contributed by atoms with Crippen molar-refractivity contribution in [1.29, 1.82) is 0 Å². The summed E-state index contributed by atoms with van der Waals surface area (Å²) in [6.45, 7) is 5.43. The van der Waals surface area contributed by atoms with E-state index in [0.29, 0.717) is 29.4 Å². The summed E-state index contributed by atoms with van der Waals surface area (Å²) in [5.74, 6) is 1.32. The molecule has 0 spiro atoms. The van der Waals surface area contributed by atoms with Crippen LogP contribution in [0.25, 0.3) is 0 Å². The largest absolute Gasteiger partial charge is 0.457 e. The lowest BCUT2D eigenvalue weighted by Crippen LogP contribution is -2.49. The normalized spacial score (nSPS) is 14.4. The van der Waals surface area contributed by atoms with E-state index in [9.17, 15) is 18.0 Å². The lowest BCUT2D eigenvalue weighted by atomic mass is 10.0. The van der Waals surface area contributed by atoms with Crippen LogP contribution in [0.4, 0.5) is 16.2 Å². The molecule has 1 aromatic heterocycles. The average Bonchev–Trinajstić information content (AvgIpc) is 2.92. The summed E-state index contributed by atoms with van der Waals surface area (Å²) in [5, 5.41) is 2.92. The van der Waals surface area contributed by atoms with E-state index < -0.39 is 10.0 Å². The number of H-pyrrole nitrogens is 1. The van der Waals surface area contributed by atoms with Crippen LogP contribution in [-0.2, 0) is 16.6 Å². The maximum atomic E-state index is 13.1. The number of piperidine rings is 1. The zero-order valence-corrected chi connectivity index (χ0v) is 23.7. The van der Waals surface area contributed by atoms with Gasteiger partial charge in [-0.3, -0.25) is 14.4 Å². The molecule has 0 saturated carbocycles. The minimum atomic E-state index is -3.32. The van der Waals surface area contributed by atoms with Gasteiger partial charge in [0.15, 0.2) is 0 Å². The van der Waals surface area contributed by atoms with Gasteiger partial charge in [0.25, 0.3) is 0 Å². The van der Waals surface area contributed by atoms with Crippen LogP contribution in [0.2, 0.25) is 0 Å². The summed E-state index contributed by atoms with van der Waals surface area (Å²) in [7, 11) is -3.32. The molecule has 0 bridgehead atoms. The molecule has 1 aliphatic rings. The molecule has 0 aliphatic carbocycles. The third kappa shape index (κ3) is 8.85. The summed E-state index contributed by atoms with van der Waals surface area (Å²) in [5.41, 5.74) is 2.04. The molecule has 0 radical (unpaired) electrons. The number of aromatic nitrogens is 1. The Morgan fingerprint density at radius 1 is 1.00 bits per heavy atom. The molecule has 214 valence electrons. The number of hydrogen-bond donors (Lipinski definition) is 3. The highest BCUT2D eigenvalue weighted by molar-refractivity contribution is 7.92. The number of pyridine rings is 1. The van der Waals surface area contributed by atoms with Gasteiger partial charge in [-0.1, -0.05) is 25.5 Å². The Hall–Kier alpha value is -3.83. The van der Waals surface area contributed by atoms with E-state index in [1.165, 1.54) is 17.8 Å². The number of carbonyl (C=O) groups is 1. The fraction of sp³-hybridized carbons (Fsp3) is 0.379. The molecule has 1 saturated heterocycles. The van der Waals surface area contributed by atoms with Crippen molar-refractivity contribution in [3.05, 3.63) is 82.8 Å². The van der Waals surface area contributed by atoms with Crippen LogP contribution in [0.15, 0.2) is 71.7 Å². The molecule has 0 unspecified atom stereocenters. The van der Waals surface area contributed by atoms with Gasteiger partial charge in [-0.25, -0.2) is 13.2 Å². The highest BCUT2D eigenvalue weighted by Crippen LogP contribution is 2.25. The summed E-state index contributed by atoms with van der Waals surface area (Å²) in [6.07, 6.45) is 6.37. The van der Waals surface area contributed by atoms with Gasteiger partial charge < -0.3 is 19.9 Å². The number of anilines is 2. The van der Waals surface area contributed by atoms with Gasteiger partial charge in [0.1, 0.15) is 11.5 Å². The number of likely N-dealkylation sites (tertiary alicyclic amines) is 1. The first-order valence-electron chi connectivity index (χ1n) is 13.5. The predicted molar refractivity (Wildman–Crippen MR) is 157 cm³/mol. The van der Waals surface area contributed by atoms with Crippen LogP contribution in [-0.4, -0.2) is 61.2 Å². The van der Waals surface area contributed by atoms with E-state index in [2.05, 4.69) is 26.8 Å². The van der Waals surface area contributed by atoms with Crippen LogP contribution in [0, 0.1) is 0 Å². The first kappa shape index (κ1) is 29.2. The van der Waals surface area contributed by atoms with E-state index in [-0.39, 0.29) is 17.6 Å². The van der Waals surface area contributed by atoms with Gasteiger partial charge in [-0.05, 0) is 67.3 Å². The van der Waals surface area contributed by atoms with Gasteiger partial charge >= 0.3 is 6.03 Å². The molecule has 2 aromatic carbocycles. The number of hydrogen-bond acceptors (Lipinski definition) is 6. The lowest BCUT2D eigenvalue weighted by Gasteiger charge is -2.38. The average molecular weight is 568 g/mol. The van der Waals surface area contributed by atoms with Crippen molar-refractivity contribution in [3.63, 3.8) is 0 Å². The number of carbonyl (C=O) groups excluding carboxylic acids is 1. The third-order valence-corrected chi connectivity index (χ3v) is 7.38. The summed E-state index contributed by atoms with van der Waals surface area (Å²) < 4.78 is 31.1. The van der Waals surface area contributed by atoms with Crippen molar-refractivity contribution in [2.24, 2.45) is 0 Å². The van der Waals surface area contributed by atoms with Crippen molar-refractivity contribution in [2.75, 3.05) is 35.9 Å². The molecule has 1 aliphatic heterocycles. The highest BCUT2D eigenvalue weighted by atomic mass is 32.2. The number of benzene rings is 2. The number of sulfonamides is 1. The molecule has 11 heteroatoms. The van der Waals surface area contributed by atoms with Crippen LogP contribution < -0.4 is 20.3 Å². The quantitative estimate of drug-likeness (QED) is 0.305. The molecule has 40 heavy (non-hydrogen) atoms. The minimum absolute atomic E-state index is 0.129. The molecule has 0 atom stereocenters. The molecule has 1 fully saturated rings. The molecule has 2 heterocycles. The standard InChI is InChI=1S/C29H37N5O5S/c1-3-4-17-34(29(36)31-24-9-14-28(35)30-20-24)25-15-18-33(19-16-25)21-22-5-10-26(11-6-22)39-27-12-7-23(8-13-27)32-40(2,37)38/h5-14,20,25,32H,3-4,15-19,21H2,1-2H3,(H,30,35)(H,31,36).